The van der Waals surface area contributed by atoms with E-state index in [4.69, 9.17) is 4.52 Å². The number of aliphatic hydroxyl groups excluding tert-OH is 3. The molecule has 3 aliphatic rings. The SMILES string of the molecule is Cc1noc(C2CC2)c1C([SH]1C[C@H](O)[C@H](n2cc(-c3cc(F)c(F)c(F)c3)nn2)[C@@H](O)[C@H]1CO)C1(O)CCCCC1. The van der Waals surface area contributed by atoms with E-state index in [1.54, 1.807) is 0 Å². The van der Waals surface area contributed by atoms with E-state index in [1.807, 2.05) is 6.92 Å². The summed E-state index contributed by atoms with van der Waals surface area (Å²) in [5.74, 6) is -3.17. The molecule has 3 heterocycles. The molecule has 2 aromatic heterocycles. The van der Waals surface area contributed by atoms with Crippen molar-refractivity contribution < 1.29 is 38.1 Å². The lowest BCUT2D eigenvalue weighted by Gasteiger charge is -2.52. The van der Waals surface area contributed by atoms with Crippen molar-refractivity contribution in [3.05, 3.63) is 52.8 Å². The van der Waals surface area contributed by atoms with Crippen molar-refractivity contribution in [3.63, 3.8) is 0 Å². The first-order valence-corrected chi connectivity index (χ1v) is 15.8. The minimum Gasteiger partial charge on any atom is -0.395 e. The summed E-state index contributed by atoms with van der Waals surface area (Å²) < 4.78 is 48.1. The molecule has 0 amide bonds. The monoisotopic (exact) mass is 596 g/mol. The van der Waals surface area contributed by atoms with E-state index >= 15 is 0 Å². The quantitative estimate of drug-likeness (QED) is 0.206. The van der Waals surface area contributed by atoms with Crippen LogP contribution in [0.2, 0.25) is 0 Å². The molecule has 4 N–H and O–H groups in total. The lowest BCUT2D eigenvalue weighted by atomic mass is 9.79. The van der Waals surface area contributed by atoms with E-state index in [2.05, 4.69) is 15.5 Å². The zero-order valence-corrected chi connectivity index (χ0v) is 23.5. The number of aryl methyl sites for hydroxylation is 1. The summed E-state index contributed by atoms with van der Waals surface area (Å²) in [6, 6.07) is 0.574. The average molecular weight is 597 g/mol. The Bertz CT molecular complexity index is 1390. The molecule has 3 aromatic rings. The van der Waals surface area contributed by atoms with Crippen LogP contribution in [0.25, 0.3) is 11.3 Å². The molecule has 224 valence electrons. The van der Waals surface area contributed by atoms with Crippen LogP contribution >= 0.6 is 10.9 Å². The van der Waals surface area contributed by atoms with Gasteiger partial charge in [-0.15, -0.1) is 5.10 Å². The van der Waals surface area contributed by atoms with E-state index in [9.17, 15) is 33.6 Å². The highest BCUT2D eigenvalue weighted by Crippen LogP contribution is 2.62. The zero-order valence-electron chi connectivity index (χ0n) is 22.6. The fraction of sp³-hybridized carbons (Fsp3) is 0.607. The van der Waals surface area contributed by atoms with Crippen molar-refractivity contribution in [2.24, 2.45) is 0 Å². The molecule has 1 saturated heterocycles. The summed E-state index contributed by atoms with van der Waals surface area (Å²) in [6.45, 7) is 1.46. The van der Waals surface area contributed by atoms with Crippen molar-refractivity contribution in [1.29, 1.82) is 0 Å². The lowest BCUT2D eigenvalue weighted by Crippen LogP contribution is -2.53. The molecule has 1 aromatic carbocycles. The molecule has 0 radical (unpaired) electrons. The van der Waals surface area contributed by atoms with Crippen molar-refractivity contribution in [3.8, 4) is 11.3 Å². The van der Waals surface area contributed by atoms with E-state index in [1.165, 1.54) is 10.9 Å². The Kier molecular flexibility index (Phi) is 7.68. The number of thiol groups is 1. The predicted octanol–water partition coefficient (Wildman–Crippen LogP) is 3.61. The van der Waals surface area contributed by atoms with Crippen LogP contribution in [0.3, 0.4) is 0 Å². The van der Waals surface area contributed by atoms with Gasteiger partial charge in [-0.05, 0) is 44.7 Å². The Morgan fingerprint density at radius 2 is 1.80 bits per heavy atom. The number of halogens is 3. The van der Waals surface area contributed by atoms with Crippen molar-refractivity contribution in [2.75, 3.05) is 12.4 Å². The van der Waals surface area contributed by atoms with Gasteiger partial charge in [0.25, 0.3) is 0 Å². The Labute approximate surface area is 237 Å². The fourth-order valence-corrected chi connectivity index (χ4v) is 10.6. The van der Waals surface area contributed by atoms with Crippen molar-refractivity contribution in [1.82, 2.24) is 20.2 Å². The highest BCUT2D eigenvalue weighted by Gasteiger charge is 2.53. The molecule has 2 unspecified atom stereocenters. The van der Waals surface area contributed by atoms with Gasteiger partial charge in [0.2, 0.25) is 0 Å². The van der Waals surface area contributed by atoms with Gasteiger partial charge in [-0.1, -0.05) is 29.6 Å². The van der Waals surface area contributed by atoms with Crippen molar-refractivity contribution in [2.45, 2.75) is 92.1 Å². The summed E-state index contributed by atoms with van der Waals surface area (Å²) in [7, 11) is -1.40. The molecule has 2 aliphatic carbocycles. The third-order valence-electron chi connectivity index (χ3n) is 8.96. The minimum absolute atomic E-state index is 0.0270. The first kappa shape index (κ1) is 28.7. The summed E-state index contributed by atoms with van der Waals surface area (Å²) in [5.41, 5.74) is 0.409. The second-order valence-electron chi connectivity index (χ2n) is 11.7. The molecule has 9 nitrogen and oxygen atoms in total. The van der Waals surface area contributed by atoms with Crippen LogP contribution in [0.5, 0.6) is 0 Å². The molecule has 0 bridgehead atoms. The average Bonchev–Trinajstić information content (AvgIpc) is 3.55. The van der Waals surface area contributed by atoms with Gasteiger partial charge in [0.15, 0.2) is 17.5 Å². The van der Waals surface area contributed by atoms with E-state index in [0.29, 0.717) is 18.5 Å². The molecule has 6 atom stereocenters. The number of nitrogens with zero attached hydrogens (tertiary/aromatic N) is 4. The molecule has 3 fully saturated rings. The second-order valence-corrected chi connectivity index (χ2v) is 14.3. The van der Waals surface area contributed by atoms with E-state index < -0.39 is 62.7 Å². The number of rotatable bonds is 7. The van der Waals surface area contributed by atoms with Crippen LogP contribution in [0.4, 0.5) is 13.2 Å². The topological polar surface area (TPSA) is 138 Å². The number of aliphatic hydroxyl groups is 4. The maximum absolute atomic E-state index is 13.8. The molecule has 0 spiro atoms. The highest BCUT2D eigenvalue weighted by atomic mass is 32.2. The normalized spacial score (nSPS) is 29.9. The van der Waals surface area contributed by atoms with Gasteiger partial charge in [-0.25, -0.2) is 28.7 Å². The minimum atomic E-state index is -1.60. The maximum Gasteiger partial charge on any atom is 0.194 e. The molecular weight excluding hydrogens is 561 g/mol. The van der Waals surface area contributed by atoms with Crippen LogP contribution in [0.1, 0.15) is 79.2 Å². The smallest absolute Gasteiger partial charge is 0.194 e. The number of hydrogen-bond donors (Lipinski definition) is 5. The summed E-state index contributed by atoms with van der Waals surface area (Å²) in [6.07, 6.45) is 4.71. The van der Waals surface area contributed by atoms with Crippen molar-refractivity contribution >= 4 is 10.9 Å². The molecule has 2 saturated carbocycles. The summed E-state index contributed by atoms with van der Waals surface area (Å²) >= 11 is 0. The van der Waals surface area contributed by atoms with Gasteiger partial charge in [0.1, 0.15) is 17.5 Å². The molecule has 1 aliphatic heterocycles. The Morgan fingerprint density at radius 1 is 1.12 bits per heavy atom. The lowest BCUT2D eigenvalue weighted by molar-refractivity contribution is -0.00759. The van der Waals surface area contributed by atoms with Gasteiger partial charge in [-0.2, -0.15) is 0 Å². The molecular formula is C28H35F3N4O5S. The first-order chi connectivity index (χ1) is 19.6. The standard InChI is InChI=1S/C28H35F3N4O5S/c1-14-22(26(40-33-14)15-5-6-15)27(28(39)7-3-2-4-8-28)41-13-20(37)24(25(38)21(41)12-36)35-11-19(32-34-35)16-9-17(29)23(31)18(30)10-16/h9-11,15,20-21,24-25,27,36-39,41H,2-8,12-13H2,1H3/t20-,21+,24-,25-,27?/m0/s1. The first-order valence-electron chi connectivity index (χ1n) is 14.1. The Balaban J connectivity index is 1.35. The predicted molar refractivity (Wildman–Crippen MR) is 145 cm³/mol. The molecule has 6 rings (SSSR count). The van der Waals surface area contributed by atoms with Gasteiger partial charge in [0.05, 0.1) is 36.3 Å². The van der Waals surface area contributed by atoms with Gasteiger partial charge >= 0.3 is 0 Å². The van der Waals surface area contributed by atoms with Crippen LogP contribution in [-0.4, -0.2) is 76.0 Å². The van der Waals surface area contributed by atoms with Crippen LogP contribution in [0, 0.1) is 24.4 Å². The number of hydrogen-bond acceptors (Lipinski definition) is 8. The van der Waals surface area contributed by atoms with Gasteiger partial charge in [-0.3, -0.25) is 0 Å². The highest BCUT2D eigenvalue weighted by molar-refractivity contribution is 8.18. The van der Waals surface area contributed by atoms with Crippen LogP contribution < -0.4 is 0 Å². The molecule has 13 heteroatoms. The molecule has 41 heavy (non-hydrogen) atoms. The Morgan fingerprint density at radius 3 is 2.44 bits per heavy atom. The third kappa shape index (κ3) is 5.09. The van der Waals surface area contributed by atoms with Gasteiger partial charge < -0.3 is 24.9 Å². The Hall–Kier alpha value is -2.45. The maximum atomic E-state index is 13.8. The zero-order chi connectivity index (χ0) is 29.1. The van der Waals surface area contributed by atoms with E-state index in [-0.39, 0.29) is 29.5 Å². The third-order valence-corrected chi connectivity index (χ3v) is 12.5. The largest absolute Gasteiger partial charge is 0.395 e. The van der Waals surface area contributed by atoms with Crippen LogP contribution in [0.15, 0.2) is 22.9 Å². The van der Waals surface area contributed by atoms with Gasteiger partial charge in [0, 0.05) is 33.3 Å². The van der Waals surface area contributed by atoms with E-state index in [0.717, 1.165) is 55.6 Å². The second kappa shape index (κ2) is 11.0. The summed E-state index contributed by atoms with van der Waals surface area (Å²) in [5, 5.41) is 56.9. The number of benzene rings is 1. The number of aromatic nitrogens is 4. The summed E-state index contributed by atoms with van der Waals surface area (Å²) in [4.78, 5) is 0. The fourth-order valence-electron chi connectivity index (χ4n) is 6.76. The van der Waals surface area contributed by atoms with Crippen LogP contribution in [-0.2, 0) is 0 Å².